The van der Waals surface area contributed by atoms with Crippen LogP contribution in [0.25, 0.3) is 16.7 Å². The topological polar surface area (TPSA) is 73.0 Å². The van der Waals surface area contributed by atoms with Crippen LogP contribution in [-0.4, -0.2) is 42.4 Å². The molecule has 0 spiro atoms. The summed E-state index contributed by atoms with van der Waals surface area (Å²) in [5.41, 5.74) is 3.82. The first-order valence-corrected chi connectivity index (χ1v) is 11.7. The molecule has 0 radical (unpaired) electrons. The molecule has 1 amide bonds. The van der Waals surface area contributed by atoms with Gasteiger partial charge in [0.15, 0.2) is 10.8 Å². The van der Waals surface area contributed by atoms with Gasteiger partial charge in [-0.2, -0.15) is 5.10 Å². The third-order valence-corrected chi connectivity index (χ3v) is 7.36. The van der Waals surface area contributed by atoms with Crippen LogP contribution in [0.4, 0.5) is 0 Å². The summed E-state index contributed by atoms with van der Waals surface area (Å²) in [7, 11) is 0. The molecule has 0 saturated heterocycles. The van der Waals surface area contributed by atoms with Gasteiger partial charge in [0.05, 0.1) is 17.9 Å². The molecule has 6 rings (SSSR count). The van der Waals surface area contributed by atoms with Crippen LogP contribution in [0.3, 0.4) is 0 Å². The Morgan fingerprint density at radius 3 is 2.69 bits per heavy atom. The zero-order valence-electron chi connectivity index (χ0n) is 17.3. The third kappa shape index (κ3) is 3.14. The van der Waals surface area contributed by atoms with Crippen LogP contribution < -0.4 is 5.56 Å². The second kappa shape index (κ2) is 7.63. The zero-order valence-corrected chi connectivity index (χ0v) is 18.2. The zero-order chi connectivity index (χ0) is 21.7. The Kier molecular flexibility index (Phi) is 4.61. The minimum Gasteiger partial charge on any atom is -0.338 e. The van der Waals surface area contributed by atoms with Crippen LogP contribution in [0.1, 0.15) is 23.6 Å². The van der Waals surface area contributed by atoms with Crippen molar-refractivity contribution >= 4 is 28.7 Å². The van der Waals surface area contributed by atoms with Gasteiger partial charge < -0.3 is 4.90 Å². The second-order valence-electron chi connectivity index (χ2n) is 8.20. The molecule has 0 aliphatic carbocycles. The highest BCUT2D eigenvalue weighted by Crippen LogP contribution is 2.34. The Bertz CT molecular complexity index is 1390. The lowest BCUT2D eigenvalue weighted by molar-refractivity contribution is -0.132. The van der Waals surface area contributed by atoms with Crippen molar-refractivity contribution in [1.29, 1.82) is 0 Å². The molecule has 2 aromatic carbocycles. The number of hydrogen-bond donors (Lipinski definition) is 0. The van der Waals surface area contributed by atoms with E-state index in [1.807, 2.05) is 47.4 Å². The van der Waals surface area contributed by atoms with E-state index in [2.05, 4.69) is 17.2 Å². The van der Waals surface area contributed by atoms with E-state index in [0.717, 1.165) is 18.7 Å². The molecule has 4 heterocycles. The summed E-state index contributed by atoms with van der Waals surface area (Å²) in [4.78, 5) is 33.1. The fraction of sp³-hybridized carbons (Fsp3) is 0.250. The minimum atomic E-state index is -0.191. The maximum absolute atomic E-state index is 13.3. The van der Waals surface area contributed by atoms with E-state index in [1.54, 1.807) is 15.4 Å². The van der Waals surface area contributed by atoms with E-state index in [0.29, 0.717) is 34.9 Å². The van der Waals surface area contributed by atoms with Gasteiger partial charge in [-0.1, -0.05) is 54.2 Å². The molecular weight excluding hydrogens is 422 g/mol. The molecule has 32 heavy (non-hydrogen) atoms. The highest BCUT2D eigenvalue weighted by molar-refractivity contribution is 7.99. The minimum absolute atomic E-state index is 0.0879. The van der Waals surface area contributed by atoms with Crippen LogP contribution in [0.5, 0.6) is 0 Å². The highest BCUT2D eigenvalue weighted by Gasteiger charge is 2.31. The molecule has 0 saturated carbocycles. The van der Waals surface area contributed by atoms with E-state index in [-0.39, 0.29) is 17.5 Å². The van der Waals surface area contributed by atoms with Gasteiger partial charge in [-0.05, 0) is 29.7 Å². The number of nitrogens with zero attached hydrogens (tertiary/aromatic N) is 5. The number of carbonyl (C=O) groups excluding carboxylic acids is 1. The number of hydrogen-bond acceptors (Lipinski definition) is 5. The molecule has 2 aliphatic rings. The molecular formula is C24H21N5O2S. The quantitative estimate of drug-likeness (QED) is 0.455. The molecule has 0 bridgehead atoms. The summed E-state index contributed by atoms with van der Waals surface area (Å²) in [6, 6.07) is 17.8. The lowest BCUT2D eigenvalue weighted by Crippen LogP contribution is -2.38. The Morgan fingerprint density at radius 1 is 1.06 bits per heavy atom. The average Bonchev–Trinajstić information content (AvgIpc) is 3.44. The molecule has 2 aromatic heterocycles. The van der Waals surface area contributed by atoms with Gasteiger partial charge in [-0.3, -0.25) is 14.2 Å². The lowest BCUT2D eigenvalue weighted by atomic mass is 9.99. The van der Waals surface area contributed by atoms with Gasteiger partial charge in [0.2, 0.25) is 5.91 Å². The molecule has 160 valence electrons. The van der Waals surface area contributed by atoms with Crippen molar-refractivity contribution < 1.29 is 4.79 Å². The summed E-state index contributed by atoms with van der Waals surface area (Å²) in [6.07, 6.45) is 2.76. The number of thioether (sulfide) groups is 1. The van der Waals surface area contributed by atoms with Crippen molar-refractivity contribution in [3.05, 3.63) is 82.3 Å². The maximum atomic E-state index is 13.3. The van der Waals surface area contributed by atoms with Gasteiger partial charge in [-0.25, -0.2) is 9.67 Å². The predicted octanol–water partition coefficient (Wildman–Crippen LogP) is 3.20. The molecule has 0 N–H and O–H groups in total. The number of benzene rings is 2. The maximum Gasteiger partial charge on any atom is 0.265 e. The smallest absolute Gasteiger partial charge is 0.265 e. The largest absolute Gasteiger partial charge is 0.338 e. The third-order valence-electron chi connectivity index (χ3n) is 6.26. The number of amides is 1. The van der Waals surface area contributed by atoms with E-state index < -0.39 is 0 Å². The van der Waals surface area contributed by atoms with Gasteiger partial charge in [-0.15, -0.1) is 0 Å². The molecule has 8 heteroatoms. The number of rotatable bonds is 3. The molecule has 2 aliphatic heterocycles. The van der Waals surface area contributed by atoms with Crippen LogP contribution in [0.15, 0.2) is 70.7 Å². The summed E-state index contributed by atoms with van der Waals surface area (Å²) >= 11 is 1.53. The van der Waals surface area contributed by atoms with E-state index in [1.165, 1.54) is 22.9 Å². The highest BCUT2D eigenvalue weighted by atomic mass is 32.2. The monoisotopic (exact) mass is 443 g/mol. The van der Waals surface area contributed by atoms with Crippen LogP contribution in [0.2, 0.25) is 0 Å². The van der Waals surface area contributed by atoms with Gasteiger partial charge in [0, 0.05) is 25.3 Å². The number of para-hydroxylation sites is 1. The lowest BCUT2D eigenvalue weighted by Gasteiger charge is -2.29. The van der Waals surface area contributed by atoms with E-state index >= 15 is 0 Å². The van der Waals surface area contributed by atoms with E-state index in [4.69, 9.17) is 4.98 Å². The Hall–Kier alpha value is -3.39. The molecule has 1 atom stereocenters. The van der Waals surface area contributed by atoms with Crippen LogP contribution in [-0.2, 0) is 17.8 Å². The average molecular weight is 444 g/mol. The standard InChI is InChI=1S/C24H21N5O2S/c30-21(27-11-10-16-6-4-5-7-17(16)14-27)12-19-15-32-24-26-22-20(23(31)28(19)24)13-25-29(22)18-8-2-1-3-9-18/h1-9,13,19H,10-12,14-15H2. The second-order valence-corrected chi connectivity index (χ2v) is 9.19. The molecule has 0 fully saturated rings. The van der Waals surface area contributed by atoms with Crippen molar-refractivity contribution in [3.63, 3.8) is 0 Å². The fourth-order valence-electron chi connectivity index (χ4n) is 4.58. The summed E-state index contributed by atoms with van der Waals surface area (Å²) in [5, 5.41) is 5.54. The van der Waals surface area contributed by atoms with Gasteiger partial charge >= 0.3 is 0 Å². The molecule has 7 nitrogen and oxygen atoms in total. The Balaban J connectivity index is 1.29. The first kappa shape index (κ1) is 19.3. The normalized spacial score (nSPS) is 17.4. The van der Waals surface area contributed by atoms with Gasteiger partial charge in [0.25, 0.3) is 5.56 Å². The SMILES string of the molecule is O=C(CC1CSc2nc3c(cnn3-c3ccccc3)c(=O)n21)N1CCc2ccccc2C1. The summed E-state index contributed by atoms with van der Waals surface area (Å²) in [6.45, 7) is 1.36. The Morgan fingerprint density at radius 2 is 1.84 bits per heavy atom. The van der Waals surface area contributed by atoms with Crippen LogP contribution >= 0.6 is 11.8 Å². The summed E-state index contributed by atoms with van der Waals surface area (Å²) in [5.74, 6) is 0.758. The first-order valence-electron chi connectivity index (χ1n) is 10.7. The molecule has 4 aromatic rings. The van der Waals surface area contributed by atoms with Crippen molar-refractivity contribution in [2.75, 3.05) is 12.3 Å². The van der Waals surface area contributed by atoms with Crippen molar-refractivity contribution in [1.82, 2.24) is 24.2 Å². The van der Waals surface area contributed by atoms with Gasteiger partial charge in [0.1, 0.15) is 5.39 Å². The number of aromatic nitrogens is 4. The number of carbonyl (C=O) groups is 1. The van der Waals surface area contributed by atoms with Crippen molar-refractivity contribution in [3.8, 4) is 5.69 Å². The first-order chi connectivity index (χ1) is 15.7. The summed E-state index contributed by atoms with van der Waals surface area (Å²) < 4.78 is 3.39. The van der Waals surface area contributed by atoms with E-state index in [9.17, 15) is 9.59 Å². The fourth-order valence-corrected chi connectivity index (χ4v) is 5.71. The van der Waals surface area contributed by atoms with Crippen molar-refractivity contribution in [2.24, 2.45) is 0 Å². The van der Waals surface area contributed by atoms with Crippen LogP contribution in [0, 0.1) is 0 Å². The predicted molar refractivity (Wildman–Crippen MR) is 123 cm³/mol. The van der Waals surface area contributed by atoms with Crippen molar-refractivity contribution in [2.45, 2.75) is 30.6 Å². The Labute approximate surface area is 188 Å². The number of fused-ring (bicyclic) bond motifs is 3. The molecule has 1 unspecified atom stereocenters.